The molecule has 0 saturated heterocycles. The number of hydrogen-bond acceptors (Lipinski definition) is 6. The van der Waals surface area contributed by atoms with Crippen LogP contribution in [0.25, 0.3) is 22.3 Å². The molecule has 4 rings (SSSR count). The SMILES string of the molecule is Cc1nc2ccc(F)c(-c3cc(C(=O)O)c([C@H](N)[C@H](C)O)[nH]3)c2nc1NC1CC1. The highest BCUT2D eigenvalue weighted by Crippen LogP contribution is 2.34. The van der Waals surface area contributed by atoms with Gasteiger partial charge in [0.15, 0.2) is 0 Å². The molecule has 0 bridgehead atoms. The summed E-state index contributed by atoms with van der Waals surface area (Å²) in [7, 11) is 0. The van der Waals surface area contributed by atoms with Gasteiger partial charge in [-0.3, -0.25) is 0 Å². The number of hydrogen-bond donors (Lipinski definition) is 5. The average Bonchev–Trinajstić information content (AvgIpc) is 3.37. The molecule has 1 aliphatic carbocycles. The van der Waals surface area contributed by atoms with Crippen LogP contribution in [0.4, 0.5) is 10.2 Å². The fourth-order valence-electron chi connectivity index (χ4n) is 3.29. The van der Waals surface area contributed by atoms with Crippen molar-refractivity contribution < 1.29 is 19.4 Å². The van der Waals surface area contributed by atoms with Crippen molar-refractivity contribution in [2.75, 3.05) is 5.32 Å². The van der Waals surface area contributed by atoms with Gasteiger partial charge in [-0.15, -0.1) is 0 Å². The quantitative estimate of drug-likeness (QED) is 0.430. The molecule has 3 aromatic rings. The third-order valence-electron chi connectivity index (χ3n) is 5.08. The highest BCUT2D eigenvalue weighted by atomic mass is 19.1. The lowest BCUT2D eigenvalue weighted by Crippen LogP contribution is -2.25. The molecular formula is C20H22FN5O3. The standard InChI is InChI=1S/C20H22FN5O3/c1-8-19(24-10-3-4-10)26-18-13(23-8)6-5-12(21)15(18)14-7-11(20(28)29)17(25-14)16(22)9(2)27/h5-7,9-10,16,25,27H,3-4,22H2,1-2H3,(H,24,26)(H,28,29)/t9-,16+/m0/s1. The second-order valence-corrected chi connectivity index (χ2v) is 7.45. The summed E-state index contributed by atoms with van der Waals surface area (Å²) in [5, 5.41) is 22.6. The third-order valence-corrected chi connectivity index (χ3v) is 5.08. The molecule has 0 amide bonds. The zero-order valence-corrected chi connectivity index (χ0v) is 16.0. The minimum absolute atomic E-state index is 0.111. The molecule has 1 fully saturated rings. The number of benzene rings is 1. The summed E-state index contributed by atoms with van der Waals surface area (Å²) in [5.41, 5.74) is 7.78. The molecule has 1 aliphatic rings. The molecule has 0 radical (unpaired) electrons. The van der Waals surface area contributed by atoms with Crippen molar-refractivity contribution in [2.24, 2.45) is 5.73 Å². The number of carbonyl (C=O) groups is 1. The van der Waals surface area contributed by atoms with Gasteiger partial charge >= 0.3 is 5.97 Å². The number of aromatic carboxylic acids is 1. The van der Waals surface area contributed by atoms with Crippen LogP contribution in [0, 0.1) is 12.7 Å². The Labute approximate surface area is 166 Å². The lowest BCUT2D eigenvalue weighted by molar-refractivity contribution is 0.0693. The van der Waals surface area contributed by atoms with Gasteiger partial charge < -0.3 is 26.2 Å². The summed E-state index contributed by atoms with van der Waals surface area (Å²) < 4.78 is 14.9. The van der Waals surface area contributed by atoms with Crippen molar-refractivity contribution >= 4 is 22.8 Å². The minimum atomic E-state index is -1.22. The highest BCUT2D eigenvalue weighted by molar-refractivity contribution is 5.96. The van der Waals surface area contributed by atoms with Crippen molar-refractivity contribution in [3.05, 3.63) is 41.0 Å². The number of aromatic amines is 1. The Hall–Kier alpha value is -3.04. The second kappa shape index (κ2) is 7.09. The van der Waals surface area contributed by atoms with Crippen molar-refractivity contribution in [3.8, 4) is 11.3 Å². The number of aliphatic hydroxyl groups excluding tert-OH is 1. The first kappa shape index (κ1) is 19.3. The fourth-order valence-corrected chi connectivity index (χ4v) is 3.29. The van der Waals surface area contributed by atoms with Crippen molar-refractivity contribution in [1.82, 2.24) is 15.0 Å². The minimum Gasteiger partial charge on any atom is -0.478 e. The van der Waals surface area contributed by atoms with E-state index in [-0.39, 0.29) is 22.5 Å². The molecule has 6 N–H and O–H groups in total. The highest BCUT2D eigenvalue weighted by Gasteiger charge is 2.26. The molecular weight excluding hydrogens is 377 g/mol. The molecule has 0 spiro atoms. The van der Waals surface area contributed by atoms with Crippen molar-refractivity contribution in [3.63, 3.8) is 0 Å². The van der Waals surface area contributed by atoms with E-state index in [1.165, 1.54) is 19.1 Å². The molecule has 9 heteroatoms. The van der Waals surface area contributed by atoms with E-state index in [1.807, 2.05) is 6.92 Å². The number of fused-ring (bicyclic) bond motifs is 1. The monoisotopic (exact) mass is 399 g/mol. The number of aliphatic hydroxyl groups is 1. The number of aryl methyl sites for hydroxylation is 1. The molecule has 0 aliphatic heterocycles. The van der Waals surface area contributed by atoms with Crippen LogP contribution in [0.15, 0.2) is 18.2 Å². The number of carboxylic acids is 1. The summed E-state index contributed by atoms with van der Waals surface area (Å²) in [6.45, 7) is 3.29. The van der Waals surface area contributed by atoms with E-state index < -0.39 is 23.9 Å². The molecule has 2 heterocycles. The van der Waals surface area contributed by atoms with Crippen LogP contribution in [0.2, 0.25) is 0 Å². The van der Waals surface area contributed by atoms with Gasteiger partial charge in [0.1, 0.15) is 17.2 Å². The van der Waals surface area contributed by atoms with Gasteiger partial charge in [-0.1, -0.05) is 0 Å². The maximum absolute atomic E-state index is 14.9. The lowest BCUT2D eigenvalue weighted by atomic mass is 10.1. The Kier molecular flexibility index (Phi) is 4.71. The Morgan fingerprint density at radius 1 is 1.38 bits per heavy atom. The van der Waals surface area contributed by atoms with Gasteiger partial charge in [-0.05, 0) is 44.9 Å². The third kappa shape index (κ3) is 3.54. The predicted molar refractivity (Wildman–Crippen MR) is 106 cm³/mol. The first-order valence-electron chi connectivity index (χ1n) is 9.40. The van der Waals surface area contributed by atoms with E-state index in [9.17, 15) is 19.4 Å². The maximum Gasteiger partial charge on any atom is 0.337 e. The number of nitrogens with one attached hydrogen (secondary N) is 2. The van der Waals surface area contributed by atoms with E-state index >= 15 is 0 Å². The number of halogens is 1. The van der Waals surface area contributed by atoms with Gasteiger partial charge in [0, 0.05) is 11.7 Å². The number of anilines is 1. The van der Waals surface area contributed by atoms with Crippen molar-refractivity contribution in [1.29, 1.82) is 0 Å². The molecule has 1 saturated carbocycles. The van der Waals surface area contributed by atoms with E-state index in [0.717, 1.165) is 12.8 Å². The van der Waals surface area contributed by atoms with E-state index in [0.29, 0.717) is 28.6 Å². The Balaban J connectivity index is 1.92. The number of carboxylic acid groups (broad SMARTS) is 1. The molecule has 2 aromatic heterocycles. The van der Waals surface area contributed by atoms with Gasteiger partial charge in [-0.25, -0.2) is 19.2 Å². The Bertz CT molecular complexity index is 1110. The average molecular weight is 399 g/mol. The van der Waals surface area contributed by atoms with Crippen LogP contribution in [-0.2, 0) is 0 Å². The number of nitrogens with two attached hydrogens (primary N) is 1. The topological polar surface area (TPSA) is 137 Å². The van der Waals surface area contributed by atoms with Crippen LogP contribution >= 0.6 is 0 Å². The summed E-state index contributed by atoms with van der Waals surface area (Å²) in [5.74, 6) is -1.21. The second-order valence-electron chi connectivity index (χ2n) is 7.45. The summed E-state index contributed by atoms with van der Waals surface area (Å²) in [6.07, 6.45) is 1.11. The Morgan fingerprint density at radius 3 is 2.72 bits per heavy atom. The molecule has 8 nitrogen and oxygen atoms in total. The summed E-state index contributed by atoms with van der Waals surface area (Å²) >= 11 is 0. The predicted octanol–water partition coefficient (Wildman–Crippen LogP) is 2.73. The molecule has 2 atom stereocenters. The van der Waals surface area contributed by atoms with Gasteiger partial charge in [0.25, 0.3) is 0 Å². The van der Waals surface area contributed by atoms with Crippen LogP contribution < -0.4 is 11.1 Å². The zero-order valence-electron chi connectivity index (χ0n) is 16.0. The fraction of sp³-hybridized carbons (Fsp3) is 0.350. The molecule has 0 unspecified atom stereocenters. The van der Waals surface area contributed by atoms with Crippen molar-refractivity contribution in [2.45, 2.75) is 44.9 Å². The van der Waals surface area contributed by atoms with Crippen LogP contribution in [0.5, 0.6) is 0 Å². The first-order valence-corrected chi connectivity index (χ1v) is 9.40. The lowest BCUT2D eigenvalue weighted by Gasteiger charge is -2.14. The smallest absolute Gasteiger partial charge is 0.337 e. The van der Waals surface area contributed by atoms with E-state index in [1.54, 1.807) is 6.07 Å². The number of nitrogens with zero attached hydrogens (tertiary/aromatic N) is 2. The largest absolute Gasteiger partial charge is 0.478 e. The van der Waals surface area contributed by atoms with Crippen LogP contribution in [-0.4, -0.2) is 43.3 Å². The molecule has 152 valence electrons. The molecule has 1 aromatic carbocycles. The van der Waals surface area contributed by atoms with Gasteiger partial charge in [0.2, 0.25) is 0 Å². The number of rotatable bonds is 6. The summed E-state index contributed by atoms with van der Waals surface area (Å²) in [4.78, 5) is 23.7. The van der Waals surface area contributed by atoms with Crippen LogP contribution in [0.3, 0.4) is 0 Å². The summed E-state index contributed by atoms with van der Waals surface area (Å²) in [6, 6.07) is 3.51. The Morgan fingerprint density at radius 2 is 2.10 bits per heavy atom. The number of H-pyrrole nitrogens is 1. The first-order chi connectivity index (χ1) is 13.8. The van der Waals surface area contributed by atoms with Gasteiger partial charge in [0.05, 0.1) is 40.2 Å². The zero-order chi connectivity index (χ0) is 20.9. The van der Waals surface area contributed by atoms with Crippen LogP contribution in [0.1, 0.15) is 47.6 Å². The maximum atomic E-state index is 14.9. The van der Waals surface area contributed by atoms with Gasteiger partial charge in [-0.2, -0.15) is 0 Å². The number of aromatic nitrogens is 3. The normalized spacial score (nSPS) is 16.0. The van der Waals surface area contributed by atoms with E-state index in [2.05, 4.69) is 20.3 Å². The van der Waals surface area contributed by atoms with E-state index in [4.69, 9.17) is 5.73 Å². The molecule has 29 heavy (non-hydrogen) atoms.